The fraction of sp³-hybridized carbons (Fsp3) is 0.364. The largest absolute Gasteiger partial charge is 0.290 e. The van der Waals surface area contributed by atoms with E-state index in [-0.39, 0.29) is 5.54 Å². The molecule has 23 heavy (non-hydrogen) atoms. The second kappa shape index (κ2) is 6.72. The van der Waals surface area contributed by atoms with E-state index in [0.717, 1.165) is 19.5 Å². The van der Waals surface area contributed by atoms with Crippen LogP contribution in [0.15, 0.2) is 66.3 Å². The molecule has 1 atom stereocenters. The van der Waals surface area contributed by atoms with Crippen molar-refractivity contribution in [3.05, 3.63) is 77.4 Å². The van der Waals surface area contributed by atoms with Crippen LogP contribution in [0.4, 0.5) is 0 Å². The van der Waals surface area contributed by atoms with Crippen LogP contribution in [0.1, 0.15) is 31.9 Å². The van der Waals surface area contributed by atoms with Crippen molar-refractivity contribution >= 4 is 6.08 Å². The second-order valence-corrected chi connectivity index (χ2v) is 6.34. The van der Waals surface area contributed by atoms with E-state index in [9.17, 15) is 0 Å². The fourth-order valence-electron chi connectivity index (χ4n) is 4.21. The van der Waals surface area contributed by atoms with Crippen molar-refractivity contribution in [2.45, 2.75) is 32.7 Å². The van der Waals surface area contributed by atoms with Crippen molar-refractivity contribution in [2.75, 3.05) is 13.1 Å². The summed E-state index contributed by atoms with van der Waals surface area (Å²) in [7, 11) is 0. The summed E-state index contributed by atoms with van der Waals surface area (Å²) < 4.78 is 0. The summed E-state index contributed by atoms with van der Waals surface area (Å²) in [6, 6.07) is 8.80. The van der Waals surface area contributed by atoms with Crippen molar-refractivity contribution < 1.29 is 0 Å². The van der Waals surface area contributed by atoms with Crippen LogP contribution in [0.5, 0.6) is 0 Å². The number of nitrogens with zero attached hydrogens (tertiary/aromatic N) is 1. The van der Waals surface area contributed by atoms with E-state index in [0.29, 0.717) is 5.92 Å². The average Bonchev–Trinajstić information content (AvgIpc) is 3.24. The molecule has 0 saturated heterocycles. The van der Waals surface area contributed by atoms with Gasteiger partial charge in [0.05, 0.1) is 5.54 Å². The quantitative estimate of drug-likeness (QED) is 0.667. The normalized spacial score (nSPS) is 19.6. The van der Waals surface area contributed by atoms with E-state index in [1.54, 1.807) is 0 Å². The maximum Gasteiger partial charge on any atom is 0.0710 e. The lowest BCUT2D eigenvalue weighted by atomic mass is 9.75. The number of likely N-dealkylation sites (N-methyl/N-ethyl adjacent to an activating group) is 1. The van der Waals surface area contributed by atoms with E-state index in [1.807, 2.05) is 0 Å². The first-order chi connectivity index (χ1) is 11.3. The number of benzene rings is 1. The van der Waals surface area contributed by atoms with Crippen LogP contribution in [0.2, 0.25) is 0 Å². The van der Waals surface area contributed by atoms with Gasteiger partial charge in [-0.05, 0) is 43.1 Å². The summed E-state index contributed by atoms with van der Waals surface area (Å²) in [5, 5.41) is 0. The van der Waals surface area contributed by atoms with Crippen LogP contribution < -0.4 is 0 Å². The second-order valence-electron chi connectivity index (χ2n) is 6.34. The molecule has 2 aliphatic rings. The molecule has 0 heterocycles. The highest BCUT2D eigenvalue weighted by Crippen LogP contribution is 2.43. The van der Waals surface area contributed by atoms with Crippen molar-refractivity contribution in [3.8, 4) is 0 Å². The van der Waals surface area contributed by atoms with Gasteiger partial charge in [-0.2, -0.15) is 0 Å². The van der Waals surface area contributed by atoms with Gasteiger partial charge >= 0.3 is 0 Å². The third-order valence-electron chi connectivity index (χ3n) is 5.24. The summed E-state index contributed by atoms with van der Waals surface area (Å²) >= 11 is 0. The van der Waals surface area contributed by atoms with Gasteiger partial charge in [0.25, 0.3) is 0 Å². The zero-order valence-corrected chi connectivity index (χ0v) is 14.5. The molecule has 0 N–H and O–H groups in total. The van der Waals surface area contributed by atoms with Crippen molar-refractivity contribution in [1.29, 1.82) is 0 Å². The summed E-state index contributed by atoms with van der Waals surface area (Å²) in [6.45, 7) is 8.78. The molecule has 1 heteroatoms. The lowest BCUT2D eigenvalue weighted by molar-refractivity contribution is 0.153. The summed E-state index contributed by atoms with van der Waals surface area (Å²) in [4.78, 5) is 2.61. The molecular weight excluding hydrogens is 278 g/mol. The van der Waals surface area contributed by atoms with Gasteiger partial charge < -0.3 is 0 Å². The maximum absolute atomic E-state index is 2.61. The third-order valence-corrected chi connectivity index (χ3v) is 5.24. The standard InChI is InChI=1S/C22H27N/c1-4-15-22(23(5-2)6-3,20-13-9-10-14-20)21-16-18-11-7-8-12-19(18)17-21/h4,7-16,20H,5-6,17H2,1-3H3. The molecule has 0 bridgehead atoms. The fourth-order valence-corrected chi connectivity index (χ4v) is 4.21. The van der Waals surface area contributed by atoms with Crippen LogP contribution in [0, 0.1) is 5.92 Å². The number of fused-ring (bicyclic) bond motifs is 1. The minimum absolute atomic E-state index is 0.0548. The molecule has 0 amide bonds. The molecule has 0 fully saturated rings. The van der Waals surface area contributed by atoms with Crippen molar-refractivity contribution in [2.24, 2.45) is 5.92 Å². The highest BCUT2D eigenvalue weighted by molar-refractivity contribution is 5.67. The van der Waals surface area contributed by atoms with Gasteiger partial charge in [0, 0.05) is 5.92 Å². The van der Waals surface area contributed by atoms with Crippen LogP contribution in [0.25, 0.3) is 6.08 Å². The monoisotopic (exact) mass is 305 g/mol. The van der Waals surface area contributed by atoms with Crippen molar-refractivity contribution in [3.63, 3.8) is 0 Å². The Morgan fingerprint density at radius 3 is 2.43 bits per heavy atom. The minimum atomic E-state index is -0.0548. The number of allylic oxidation sites excluding steroid dienone is 3. The Bertz CT molecular complexity index is 661. The Morgan fingerprint density at radius 1 is 1.13 bits per heavy atom. The summed E-state index contributed by atoms with van der Waals surface area (Å²) in [5.74, 6) is 0.402. The molecule has 0 aliphatic heterocycles. The smallest absolute Gasteiger partial charge is 0.0710 e. The molecule has 2 aliphatic carbocycles. The molecular formula is C22H27N. The molecule has 0 saturated carbocycles. The van der Waals surface area contributed by atoms with E-state index < -0.39 is 0 Å². The van der Waals surface area contributed by atoms with Crippen LogP contribution in [0.3, 0.4) is 0 Å². The van der Waals surface area contributed by atoms with Gasteiger partial charge in [-0.1, -0.05) is 80.6 Å². The topological polar surface area (TPSA) is 3.24 Å². The van der Waals surface area contributed by atoms with Crippen LogP contribution >= 0.6 is 0 Å². The van der Waals surface area contributed by atoms with Gasteiger partial charge in [-0.15, -0.1) is 0 Å². The zero-order chi connectivity index (χ0) is 16.3. The highest BCUT2D eigenvalue weighted by Gasteiger charge is 2.43. The Morgan fingerprint density at radius 2 is 1.83 bits per heavy atom. The Labute approximate surface area is 140 Å². The van der Waals surface area contributed by atoms with Gasteiger partial charge in [0.2, 0.25) is 0 Å². The Balaban J connectivity index is 2.12. The third kappa shape index (κ3) is 2.64. The van der Waals surface area contributed by atoms with Gasteiger partial charge in [0.15, 0.2) is 0 Å². The Kier molecular flexibility index (Phi) is 4.68. The Hall–Kier alpha value is -1.86. The first kappa shape index (κ1) is 16.0. The molecule has 1 unspecified atom stereocenters. The predicted octanol–water partition coefficient (Wildman–Crippen LogP) is 5.03. The maximum atomic E-state index is 2.61. The minimum Gasteiger partial charge on any atom is -0.290 e. The number of hydrogen-bond acceptors (Lipinski definition) is 1. The molecule has 1 aromatic carbocycles. The SMILES string of the molecule is CC=CC(C1=Cc2ccccc2C1)(C1C=CC=C1)N(CC)CC. The first-order valence-electron chi connectivity index (χ1n) is 8.79. The molecule has 1 nitrogen and oxygen atoms in total. The van der Waals surface area contributed by atoms with E-state index in [2.05, 4.69) is 92.5 Å². The first-order valence-corrected chi connectivity index (χ1v) is 8.79. The molecule has 120 valence electrons. The zero-order valence-electron chi connectivity index (χ0n) is 14.5. The van der Waals surface area contributed by atoms with E-state index >= 15 is 0 Å². The lowest BCUT2D eigenvalue weighted by Crippen LogP contribution is -2.53. The van der Waals surface area contributed by atoms with Crippen molar-refractivity contribution in [1.82, 2.24) is 4.90 Å². The predicted molar refractivity (Wildman–Crippen MR) is 100 cm³/mol. The number of hydrogen-bond donors (Lipinski definition) is 0. The summed E-state index contributed by atoms with van der Waals surface area (Å²) in [6.07, 6.45) is 17.2. The van der Waals surface area contributed by atoms with Gasteiger partial charge in [-0.25, -0.2) is 0 Å². The number of rotatable bonds is 6. The van der Waals surface area contributed by atoms with Gasteiger partial charge in [0.1, 0.15) is 0 Å². The average molecular weight is 305 g/mol. The van der Waals surface area contributed by atoms with E-state index in [4.69, 9.17) is 0 Å². The highest BCUT2D eigenvalue weighted by atomic mass is 15.2. The van der Waals surface area contributed by atoms with Crippen LogP contribution in [-0.4, -0.2) is 23.5 Å². The molecule has 3 rings (SSSR count). The molecule has 0 radical (unpaired) electrons. The molecule has 0 spiro atoms. The van der Waals surface area contributed by atoms with Gasteiger partial charge in [-0.3, -0.25) is 4.90 Å². The van der Waals surface area contributed by atoms with Crippen LogP contribution in [-0.2, 0) is 6.42 Å². The summed E-state index contributed by atoms with van der Waals surface area (Å²) in [5.41, 5.74) is 4.30. The molecule has 0 aromatic heterocycles. The van der Waals surface area contributed by atoms with E-state index in [1.165, 1.54) is 16.7 Å². The lowest BCUT2D eigenvalue weighted by Gasteiger charge is -2.46. The molecule has 1 aromatic rings.